The molecule has 6 heteroatoms. The number of unbranched alkanes of at least 4 members (excludes halogenated alkanes) is 26. The van der Waals surface area contributed by atoms with Crippen molar-refractivity contribution < 1.29 is 29.0 Å². The number of aliphatic carboxylic acids is 1. The molecule has 0 aromatic rings. The van der Waals surface area contributed by atoms with E-state index in [4.69, 9.17) is 9.47 Å². The molecule has 0 aliphatic heterocycles. The van der Waals surface area contributed by atoms with Crippen LogP contribution in [0.1, 0.15) is 213 Å². The summed E-state index contributed by atoms with van der Waals surface area (Å²) in [6.45, 7) is 5.41. The van der Waals surface area contributed by atoms with E-state index in [1.165, 1.54) is 148 Å². The first-order valence-corrected chi connectivity index (χ1v) is 19.4. The lowest BCUT2D eigenvalue weighted by atomic mass is 9.93. The molecule has 6 nitrogen and oxygen atoms in total. The molecular weight excluding hydrogens is 564 g/mol. The van der Waals surface area contributed by atoms with E-state index in [9.17, 15) is 19.5 Å². The highest BCUT2D eigenvalue weighted by Gasteiger charge is 2.36. The number of rotatable bonds is 35. The maximum Gasteiger partial charge on any atom is 0.316 e. The van der Waals surface area contributed by atoms with Crippen LogP contribution in [0, 0.1) is 5.41 Å². The van der Waals surface area contributed by atoms with Crippen LogP contribution in [0.25, 0.3) is 0 Å². The lowest BCUT2D eigenvalue weighted by Gasteiger charge is -2.24. The second kappa shape index (κ2) is 32.4. The molecule has 1 N–H and O–H groups in total. The Morgan fingerprint density at radius 3 is 0.867 bits per heavy atom. The number of carbonyl (C=O) groups excluding carboxylic acids is 2. The van der Waals surface area contributed by atoms with E-state index in [2.05, 4.69) is 13.8 Å². The van der Waals surface area contributed by atoms with Crippen LogP contribution in [0.5, 0.6) is 0 Å². The van der Waals surface area contributed by atoms with E-state index in [-0.39, 0.29) is 25.2 Å². The molecule has 266 valence electrons. The third-order valence-electron chi connectivity index (χ3n) is 9.09. The number of hydrogen-bond donors (Lipinski definition) is 1. The van der Waals surface area contributed by atoms with Crippen LogP contribution in [-0.2, 0) is 23.9 Å². The summed E-state index contributed by atoms with van der Waals surface area (Å²) in [6, 6.07) is 0. The summed E-state index contributed by atoms with van der Waals surface area (Å²) < 4.78 is 10.6. The number of carboxylic acid groups (broad SMARTS) is 1. The molecule has 0 spiro atoms. The predicted octanol–water partition coefficient (Wildman–Crippen LogP) is 11.9. The van der Waals surface area contributed by atoms with Crippen molar-refractivity contribution in [3.63, 3.8) is 0 Å². The summed E-state index contributed by atoms with van der Waals surface area (Å²) in [6.07, 6.45) is 35.6. The highest BCUT2D eigenvalue weighted by Crippen LogP contribution is 2.20. The van der Waals surface area contributed by atoms with E-state index >= 15 is 0 Å². The van der Waals surface area contributed by atoms with Crippen LogP contribution in [-0.4, -0.2) is 36.2 Å². The Hall–Kier alpha value is -1.59. The van der Waals surface area contributed by atoms with Crippen molar-refractivity contribution in [3.05, 3.63) is 0 Å². The molecule has 0 rings (SSSR count). The fraction of sp³-hybridized carbons (Fsp3) is 0.923. The smallest absolute Gasteiger partial charge is 0.316 e. The lowest BCUT2D eigenvalue weighted by molar-refractivity contribution is -0.165. The molecule has 0 aromatic heterocycles. The fourth-order valence-corrected chi connectivity index (χ4v) is 5.72. The summed E-state index contributed by atoms with van der Waals surface area (Å²) in [5.41, 5.74) is -1.43. The number of ether oxygens (including phenoxy) is 2. The van der Waals surface area contributed by atoms with Crippen molar-refractivity contribution in [1.29, 1.82) is 0 Å². The standard InChI is InChI=1S/C39H74O6/c1-4-6-8-10-12-14-16-18-20-22-24-26-28-30-32-36(40)44-34-39(3,38(42)43)35-45-37(41)33-31-29-27-25-23-21-19-17-15-13-11-9-7-5-2/h4-35H2,1-3H3,(H,42,43). The zero-order valence-electron chi connectivity index (χ0n) is 30.1. The third-order valence-corrected chi connectivity index (χ3v) is 9.09. The summed E-state index contributed by atoms with van der Waals surface area (Å²) in [7, 11) is 0. The molecule has 0 amide bonds. The molecule has 0 fully saturated rings. The molecule has 0 aliphatic carbocycles. The van der Waals surface area contributed by atoms with Gasteiger partial charge in [0.15, 0.2) is 0 Å². The summed E-state index contributed by atoms with van der Waals surface area (Å²) >= 11 is 0. The summed E-state index contributed by atoms with van der Waals surface area (Å²) in [4.78, 5) is 36.3. The zero-order valence-corrected chi connectivity index (χ0v) is 30.1. The Bertz CT molecular complexity index is 643. The van der Waals surface area contributed by atoms with Gasteiger partial charge in [0.25, 0.3) is 0 Å². The molecule has 0 saturated carbocycles. The lowest BCUT2D eigenvalue weighted by Crippen LogP contribution is -2.39. The highest BCUT2D eigenvalue weighted by molar-refractivity contribution is 5.76. The minimum absolute atomic E-state index is 0.286. The Balaban J connectivity index is 3.76. The molecule has 0 aromatic carbocycles. The summed E-state index contributed by atoms with van der Waals surface area (Å²) in [5.74, 6) is -1.89. The second-order valence-corrected chi connectivity index (χ2v) is 13.9. The topological polar surface area (TPSA) is 89.9 Å². The van der Waals surface area contributed by atoms with Gasteiger partial charge in [0.2, 0.25) is 0 Å². The van der Waals surface area contributed by atoms with Crippen molar-refractivity contribution in [2.24, 2.45) is 5.41 Å². The van der Waals surface area contributed by atoms with Gasteiger partial charge in [0.05, 0.1) is 0 Å². The number of carbonyl (C=O) groups is 3. The Labute approximate surface area is 278 Å². The highest BCUT2D eigenvalue weighted by atomic mass is 16.6. The Morgan fingerprint density at radius 1 is 0.422 bits per heavy atom. The number of hydrogen-bond acceptors (Lipinski definition) is 5. The molecule has 0 radical (unpaired) electrons. The number of esters is 2. The monoisotopic (exact) mass is 639 g/mol. The maximum atomic E-state index is 12.2. The molecule has 0 aliphatic rings. The van der Waals surface area contributed by atoms with Crippen LogP contribution >= 0.6 is 0 Å². The first-order valence-electron chi connectivity index (χ1n) is 19.4. The molecular formula is C39H74O6. The third kappa shape index (κ3) is 29.6. The van der Waals surface area contributed by atoms with Gasteiger partial charge in [-0.05, 0) is 19.8 Å². The molecule has 0 atom stereocenters. The molecule has 0 bridgehead atoms. The quantitative estimate of drug-likeness (QED) is 0.0548. The van der Waals surface area contributed by atoms with Gasteiger partial charge >= 0.3 is 17.9 Å². The van der Waals surface area contributed by atoms with Crippen molar-refractivity contribution in [2.75, 3.05) is 13.2 Å². The molecule has 0 heterocycles. The molecule has 0 unspecified atom stereocenters. The first kappa shape index (κ1) is 43.4. The van der Waals surface area contributed by atoms with Gasteiger partial charge in [-0.1, -0.05) is 181 Å². The van der Waals surface area contributed by atoms with Crippen LogP contribution in [0.4, 0.5) is 0 Å². The van der Waals surface area contributed by atoms with Crippen molar-refractivity contribution >= 4 is 17.9 Å². The molecule has 0 saturated heterocycles. The van der Waals surface area contributed by atoms with E-state index in [1.807, 2.05) is 0 Å². The van der Waals surface area contributed by atoms with Gasteiger partial charge < -0.3 is 14.6 Å². The molecule has 45 heavy (non-hydrogen) atoms. The zero-order chi connectivity index (χ0) is 33.3. The van der Waals surface area contributed by atoms with Crippen LogP contribution in [0.3, 0.4) is 0 Å². The minimum atomic E-state index is -1.43. The second-order valence-electron chi connectivity index (χ2n) is 13.9. The van der Waals surface area contributed by atoms with Crippen molar-refractivity contribution in [2.45, 2.75) is 213 Å². The largest absolute Gasteiger partial charge is 0.481 e. The maximum absolute atomic E-state index is 12.2. The van der Waals surface area contributed by atoms with Gasteiger partial charge in [-0.3, -0.25) is 14.4 Å². The Kier molecular flexibility index (Phi) is 31.2. The Morgan fingerprint density at radius 2 is 0.644 bits per heavy atom. The van der Waals surface area contributed by atoms with Crippen LogP contribution < -0.4 is 0 Å². The van der Waals surface area contributed by atoms with Crippen molar-refractivity contribution in [3.8, 4) is 0 Å². The van der Waals surface area contributed by atoms with Crippen LogP contribution in [0.2, 0.25) is 0 Å². The van der Waals surface area contributed by atoms with Gasteiger partial charge in [-0.2, -0.15) is 0 Å². The van der Waals surface area contributed by atoms with Gasteiger partial charge in [0, 0.05) is 12.8 Å². The summed E-state index contributed by atoms with van der Waals surface area (Å²) in [5, 5.41) is 9.69. The fourth-order valence-electron chi connectivity index (χ4n) is 5.72. The first-order chi connectivity index (χ1) is 21.9. The van der Waals surface area contributed by atoms with Gasteiger partial charge in [-0.25, -0.2) is 0 Å². The van der Waals surface area contributed by atoms with E-state index in [1.54, 1.807) is 0 Å². The normalized spacial score (nSPS) is 11.5. The average molecular weight is 639 g/mol. The van der Waals surface area contributed by atoms with E-state index in [0.29, 0.717) is 12.8 Å². The number of carboxylic acids is 1. The van der Waals surface area contributed by atoms with E-state index < -0.39 is 11.4 Å². The van der Waals surface area contributed by atoms with Gasteiger partial charge in [0.1, 0.15) is 18.6 Å². The predicted molar refractivity (Wildman–Crippen MR) is 188 cm³/mol. The van der Waals surface area contributed by atoms with Gasteiger partial charge in [-0.15, -0.1) is 0 Å². The van der Waals surface area contributed by atoms with Crippen LogP contribution in [0.15, 0.2) is 0 Å². The average Bonchev–Trinajstić information content (AvgIpc) is 3.03. The van der Waals surface area contributed by atoms with E-state index in [0.717, 1.165) is 38.5 Å². The SMILES string of the molecule is CCCCCCCCCCCCCCCCC(=O)OCC(C)(COC(=O)CCCCCCCCCCCCCCCC)C(=O)O. The minimum Gasteiger partial charge on any atom is -0.481 e. The van der Waals surface area contributed by atoms with Crippen molar-refractivity contribution in [1.82, 2.24) is 0 Å².